The molecule has 1 aromatic heterocycles. The number of nitrogens with zero attached hydrogens (tertiary/aromatic N) is 1. The lowest BCUT2D eigenvalue weighted by Crippen LogP contribution is -2.44. The van der Waals surface area contributed by atoms with Crippen LogP contribution in [0.25, 0.3) is 6.08 Å². The summed E-state index contributed by atoms with van der Waals surface area (Å²) in [6, 6.07) is 14.5. The fourth-order valence-corrected chi connectivity index (χ4v) is 2.93. The maximum atomic E-state index is 12.1. The van der Waals surface area contributed by atoms with Gasteiger partial charge < -0.3 is 4.90 Å². The molecule has 0 saturated carbocycles. The van der Waals surface area contributed by atoms with Gasteiger partial charge >= 0.3 is 0 Å². The Bertz CT molecular complexity index is 574. The molecule has 0 aliphatic carbocycles. The lowest BCUT2D eigenvalue weighted by atomic mass is 9.94. The molecule has 3 heteroatoms. The molecule has 0 bridgehead atoms. The average Bonchev–Trinajstić information content (AvgIpc) is 2.89. The Labute approximate surface area is 117 Å². The van der Waals surface area contributed by atoms with Gasteiger partial charge in [-0.25, -0.2) is 0 Å². The van der Waals surface area contributed by atoms with Crippen LogP contribution < -0.4 is 0 Å². The molecule has 2 aromatic rings. The van der Waals surface area contributed by atoms with Crippen molar-refractivity contribution in [1.82, 2.24) is 4.90 Å². The van der Waals surface area contributed by atoms with E-state index in [4.69, 9.17) is 0 Å². The minimum atomic E-state index is 0.105. The average molecular weight is 269 g/mol. The predicted octanol–water partition coefficient (Wildman–Crippen LogP) is 3.73. The molecule has 19 heavy (non-hydrogen) atoms. The zero-order valence-electron chi connectivity index (χ0n) is 10.5. The van der Waals surface area contributed by atoms with Crippen molar-refractivity contribution >= 4 is 23.3 Å². The largest absolute Gasteiger partial charge is 0.332 e. The van der Waals surface area contributed by atoms with Gasteiger partial charge in [0, 0.05) is 17.5 Å². The highest BCUT2D eigenvalue weighted by Crippen LogP contribution is 2.33. The molecule has 1 fully saturated rings. The molecule has 0 spiro atoms. The molecule has 1 amide bonds. The Hall–Kier alpha value is -1.87. The number of rotatable bonds is 3. The number of carbonyl (C=O) groups excluding carboxylic acids is 1. The molecule has 3 rings (SSSR count). The highest BCUT2D eigenvalue weighted by atomic mass is 32.1. The van der Waals surface area contributed by atoms with Crippen LogP contribution in [0, 0.1) is 0 Å². The summed E-state index contributed by atoms with van der Waals surface area (Å²) in [5.74, 6) is 0.105. The third-order valence-electron chi connectivity index (χ3n) is 3.42. The van der Waals surface area contributed by atoms with E-state index >= 15 is 0 Å². The molecule has 1 aromatic carbocycles. The lowest BCUT2D eigenvalue weighted by molar-refractivity contribution is -0.133. The lowest BCUT2D eigenvalue weighted by Gasteiger charge is -2.40. The third-order valence-corrected chi connectivity index (χ3v) is 4.26. The quantitative estimate of drug-likeness (QED) is 0.777. The summed E-state index contributed by atoms with van der Waals surface area (Å²) < 4.78 is 0. The molecular formula is C16H15NOS. The van der Waals surface area contributed by atoms with E-state index < -0.39 is 0 Å². The van der Waals surface area contributed by atoms with Gasteiger partial charge in [0.05, 0.1) is 6.04 Å². The van der Waals surface area contributed by atoms with Crippen LogP contribution in [0.2, 0.25) is 0 Å². The Morgan fingerprint density at radius 3 is 2.68 bits per heavy atom. The van der Waals surface area contributed by atoms with Crippen molar-refractivity contribution in [3.63, 3.8) is 0 Å². The van der Waals surface area contributed by atoms with Gasteiger partial charge in [0.1, 0.15) is 0 Å². The van der Waals surface area contributed by atoms with E-state index in [0.29, 0.717) is 0 Å². The standard InChI is InChI=1S/C16H15NOS/c18-16(9-8-14-7-4-12-19-14)17-11-10-15(17)13-5-2-1-3-6-13/h1-9,12,15H,10-11H2/b9-8+. The predicted molar refractivity (Wildman–Crippen MR) is 78.9 cm³/mol. The van der Waals surface area contributed by atoms with Crippen molar-refractivity contribution in [2.24, 2.45) is 0 Å². The second-order valence-corrected chi connectivity index (χ2v) is 5.57. The maximum absolute atomic E-state index is 12.1. The first-order valence-corrected chi connectivity index (χ1v) is 7.30. The van der Waals surface area contributed by atoms with Gasteiger partial charge in [0.25, 0.3) is 0 Å². The Morgan fingerprint density at radius 2 is 2.05 bits per heavy atom. The summed E-state index contributed by atoms with van der Waals surface area (Å²) in [5.41, 5.74) is 1.23. The Morgan fingerprint density at radius 1 is 1.21 bits per heavy atom. The zero-order chi connectivity index (χ0) is 13.1. The number of amides is 1. The first-order valence-electron chi connectivity index (χ1n) is 6.42. The molecular weight excluding hydrogens is 254 g/mol. The van der Waals surface area contributed by atoms with E-state index in [-0.39, 0.29) is 11.9 Å². The van der Waals surface area contributed by atoms with Crippen LogP contribution in [-0.2, 0) is 4.79 Å². The number of carbonyl (C=O) groups is 1. The van der Waals surface area contributed by atoms with Crippen molar-refractivity contribution in [3.05, 3.63) is 64.4 Å². The minimum Gasteiger partial charge on any atom is -0.332 e. The molecule has 1 aliphatic heterocycles. The molecule has 2 nitrogen and oxygen atoms in total. The summed E-state index contributed by atoms with van der Waals surface area (Å²) in [6.07, 6.45) is 4.64. The summed E-state index contributed by atoms with van der Waals surface area (Å²) >= 11 is 1.64. The maximum Gasteiger partial charge on any atom is 0.247 e. The van der Waals surface area contributed by atoms with Gasteiger partial charge in [-0.2, -0.15) is 0 Å². The van der Waals surface area contributed by atoms with Gasteiger partial charge in [0.15, 0.2) is 0 Å². The molecule has 1 saturated heterocycles. The van der Waals surface area contributed by atoms with Crippen molar-refractivity contribution in [3.8, 4) is 0 Å². The summed E-state index contributed by atoms with van der Waals surface area (Å²) in [7, 11) is 0. The van der Waals surface area contributed by atoms with Crippen LogP contribution in [-0.4, -0.2) is 17.4 Å². The van der Waals surface area contributed by atoms with E-state index in [9.17, 15) is 4.79 Å². The van der Waals surface area contributed by atoms with Gasteiger partial charge in [-0.15, -0.1) is 11.3 Å². The van der Waals surface area contributed by atoms with Gasteiger partial charge in [-0.1, -0.05) is 36.4 Å². The molecule has 0 N–H and O–H groups in total. The van der Waals surface area contributed by atoms with E-state index in [1.54, 1.807) is 17.4 Å². The van der Waals surface area contributed by atoms with Crippen LogP contribution in [0.5, 0.6) is 0 Å². The number of hydrogen-bond acceptors (Lipinski definition) is 2. The number of hydrogen-bond donors (Lipinski definition) is 0. The van der Waals surface area contributed by atoms with Gasteiger partial charge in [0.2, 0.25) is 5.91 Å². The fraction of sp³-hybridized carbons (Fsp3) is 0.188. The van der Waals surface area contributed by atoms with Gasteiger partial charge in [-0.3, -0.25) is 4.79 Å². The number of benzene rings is 1. The first-order chi connectivity index (χ1) is 9.34. The van der Waals surface area contributed by atoms with E-state index in [2.05, 4.69) is 12.1 Å². The second kappa shape index (κ2) is 5.41. The highest BCUT2D eigenvalue weighted by molar-refractivity contribution is 7.10. The third kappa shape index (κ3) is 2.61. The summed E-state index contributed by atoms with van der Waals surface area (Å²) in [4.78, 5) is 15.2. The molecule has 96 valence electrons. The van der Waals surface area contributed by atoms with Crippen molar-refractivity contribution in [2.75, 3.05) is 6.54 Å². The number of thiophene rings is 1. The van der Waals surface area contributed by atoms with Crippen molar-refractivity contribution < 1.29 is 4.79 Å². The van der Waals surface area contributed by atoms with Crippen LogP contribution >= 0.6 is 11.3 Å². The Balaban J connectivity index is 1.68. The minimum absolute atomic E-state index is 0.105. The number of likely N-dealkylation sites (tertiary alicyclic amines) is 1. The smallest absolute Gasteiger partial charge is 0.247 e. The molecule has 1 unspecified atom stereocenters. The fourth-order valence-electron chi connectivity index (χ4n) is 2.31. The van der Waals surface area contributed by atoms with E-state index in [1.807, 2.05) is 46.7 Å². The molecule has 1 aliphatic rings. The monoisotopic (exact) mass is 269 g/mol. The van der Waals surface area contributed by atoms with Crippen LogP contribution in [0.4, 0.5) is 0 Å². The Kier molecular flexibility index (Phi) is 3.47. The topological polar surface area (TPSA) is 20.3 Å². The van der Waals surface area contributed by atoms with Crippen LogP contribution in [0.1, 0.15) is 22.9 Å². The second-order valence-electron chi connectivity index (χ2n) is 4.60. The van der Waals surface area contributed by atoms with Crippen LogP contribution in [0.15, 0.2) is 53.9 Å². The van der Waals surface area contributed by atoms with E-state index in [1.165, 1.54) is 5.56 Å². The normalized spacial score (nSPS) is 18.5. The summed E-state index contributed by atoms with van der Waals surface area (Å²) in [6.45, 7) is 0.854. The van der Waals surface area contributed by atoms with Crippen LogP contribution in [0.3, 0.4) is 0 Å². The molecule has 2 heterocycles. The molecule has 1 atom stereocenters. The van der Waals surface area contributed by atoms with Gasteiger partial charge in [-0.05, 0) is 29.5 Å². The van der Waals surface area contributed by atoms with E-state index in [0.717, 1.165) is 17.8 Å². The first kappa shape index (κ1) is 12.2. The SMILES string of the molecule is O=C(/C=C/c1cccs1)N1CCC1c1ccccc1. The summed E-state index contributed by atoms with van der Waals surface area (Å²) in [5, 5.41) is 2.01. The highest BCUT2D eigenvalue weighted by Gasteiger charge is 2.31. The van der Waals surface area contributed by atoms with Crippen molar-refractivity contribution in [1.29, 1.82) is 0 Å². The van der Waals surface area contributed by atoms with Crippen molar-refractivity contribution in [2.45, 2.75) is 12.5 Å². The zero-order valence-corrected chi connectivity index (χ0v) is 11.3. The molecule has 0 radical (unpaired) electrons.